The number of carbonyl (C=O) groups is 3. The molecule has 2 aliphatic rings. The van der Waals surface area contributed by atoms with Gasteiger partial charge in [0.15, 0.2) is 0 Å². The third kappa shape index (κ3) is 2.34. The van der Waals surface area contributed by atoms with E-state index in [0.717, 1.165) is 5.56 Å². The summed E-state index contributed by atoms with van der Waals surface area (Å²) in [6.45, 7) is 0.289. The number of hydrogen-bond acceptors (Lipinski definition) is 4. The number of carbonyl (C=O) groups excluding carboxylic acids is 3. The minimum atomic E-state index is -0.490. The maximum Gasteiger partial charge on any atom is 0.228 e. The van der Waals surface area contributed by atoms with Gasteiger partial charge in [-0.2, -0.15) is 0 Å². The molecule has 1 aromatic rings. The van der Waals surface area contributed by atoms with Crippen LogP contribution < -0.4 is 11.1 Å². The summed E-state index contributed by atoms with van der Waals surface area (Å²) in [5, 5.41) is 2.23. The Morgan fingerprint density at radius 2 is 2.00 bits per heavy atom. The van der Waals surface area contributed by atoms with Gasteiger partial charge in [0.05, 0.1) is 0 Å². The van der Waals surface area contributed by atoms with Crippen molar-refractivity contribution in [3.63, 3.8) is 0 Å². The Morgan fingerprint density at radius 1 is 1.25 bits per heavy atom. The van der Waals surface area contributed by atoms with E-state index in [2.05, 4.69) is 5.32 Å². The molecular weight excluding hydrogens is 335 g/mol. The average Bonchev–Trinajstić information content (AvgIpc) is 2.69. The second kappa shape index (κ2) is 5.54. The van der Waals surface area contributed by atoms with Crippen LogP contribution in [0.4, 0.5) is 5.69 Å². The molecule has 0 aliphatic carbocycles. The van der Waals surface area contributed by atoms with Crippen LogP contribution in [0.15, 0.2) is 18.2 Å². The number of nitrogens with zero attached hydrogens (tertiary/aromatic N) is 1. The minimum absolute atomic E-state index is 0. The van der Waals surface area contributed by atoms with Crippen molar-refractivity contribution < 1.29 is 47.1 Å². The molecule has 1 aromatic carbocycles. The molecule has 0 aromatic heterocycles. The van der Waals surface area contributed by atoms with Gasteiger partial charge in [0.25, 0.3) is 0 Å². The number of imide groups is 1. The van der Waals surface area contributed by atoms with E-state index in [-0.39, 0.29) is 63.9 Å². The van der Waals surface area contributed by atoms with Crippen molar-refractivity contribution in [1.29, 1.82) is 0 Å². The summed E-state index contributed by atoms with van der Waals surface area (Å²) in [7, 11) is 0. The van der Waals surface area contributed by atoms with Gasteiger partial charge in [-0.15, -0.1) is 6.42 Å². The fraction of sp³-hybridized carbons (Fsp3) is 0.231. The third-order valence-electron chi connectivity index (χ3n) is 3.43. The molecule has 3 rings (SSSR count). The molecule has 1 radical (unpaired) electrons. The number of fused-ring (bicyclic) bond motifs is 1. The van der Waals surface area contributed by atoms with Gasteiger partial charge in [-0.25, -0.2) is 6.04 Å². The van der Waals surface area contributed by atoms with Gasteiger partial charge in [0, 0.05) is 62.5 Å². The van der Waals surface area contributed by atoms with Crippen molar-refractivity contribution in [2.24, 2.45) is 0 Å². The van der Waals surface area contributed by atoms with Crippen molar-refractivity contribution in [3.05, 3.63) is 35.4 Å². The number of rotatable bonds is 1. The molecule has 20 heavy (non-hydrogen) atoms. The van der Waals surface area contributed by atoms with E-state index in [9.17, 15) is 14.4 Å². The van der Waals surface area contributed by atoms with Crippen LogP contribution in [0.1, 0.15) is 28.8 Å². The fourth-order valence-electron chi connectivity index (χ4n) is 2.44. The van der Waals surface area contributed by atoms with Crippen molar-refractivity contribution in [2.75, 3.05) is 5.73 Å². The molecule has 2 aliphatic heterocycles. The van der Waals surface area contributed by atoms with Crippen molar-refractivity contribution in [1.82, 2.24) is 10.2 Å². The predicted molar refractivity (Wildman–Crippen MR) is 66.4 cm³/mol. The smallest absolute Gasteiger partial charge is 0.228 e. The summed E-state index contributed by atoms with van der Waals surface area (Å²) in [4.78, 5) is 36.6. The number of nitrogen functional groups attached to an aromatic ring is 1. The van der Waals surface area contributed by atoms with Gasteiger partial charge < -0.3 is 20.7 Å². The number of benzene rings is 1. The second-order valence-electron chi connectivity index (χ2n) is 4.59. The molecular formula is C13H12N3O3Y-. The third-order valence-corrected chi connectivity index (χ3v) is 3.43. The molecule has 0 spiro atoms. The van der Waals surface area contributed by atoms with E-state index in [1.165, 1.54) is 4.90 Å². The van der Waals surface area contributed by atoms with Crippen molar-refractivity contribution in [2.45, 2.75) is 19.4 Å². The van der Waals surface area contributed by atoms with E-state index >= 15 is 0 Å². The van der Waals surface area contributed by atoms with Crippen LogP contribution >= 0.6 is 0 Å². The number of nitrogens with one attached hydrogen (secondary N) is 1. The topological polar surface area (TPSA) is 92.5 Å². The quantitative estimate of drug-likeness (QED) is 0.431. The number of anilines is 1. The van der Waals surface area contributed by atoms with Gasteiger partial charge >= 0.3 is 0 Å². The first-order valence-corrected chi connectivity index (χ1v) is 5.97. The van der Waals surface area contributed by atoms with Crippen LogP contribution in [-0.2, 0) is 48.8 Å². The Labute approximate surface area is 140 Å². The summed E-state index contributed by atoms with van der Waals surface area (Å²) in [6.07, 6.45) is 0.501. The van der Waals surface area contributed by atoms with Crippen LogP contribution in [-0.4, -0.2) is 22.6 Å². The molecule has 0 atom stereocenters. The Bertz CT molecular complexity index is 603. The van der Waals surface area contributed by atoms with Gasteiger partial charge in [0.2, 0.25) is 11.8 Å². The zero-order chi connectivity index (χ0) is 13.6. The summed E-state index contributed by atoms with van der Waals surface area (Å²) in [5.74, 6) is -1.03. The Kier molecular flexibility index (Phi) is 4.15. The Hall–Kier alpha value is -1.40. The fourth-order valence-corrected chi connectivity index (χ4v) is 2.44. The first-order chi connectivity index (χ1) is 9.08. The molecule has 3 N–H and O–H groups in total. The maximum absolute atomic E-state index is 12.3. The van der Waals surface area contributed by atoms with Gasteiger partial charge in [-0.3, -0.25) is 9.59 Å². The first kappa shape index (κ1) is 15.0. The maximum atomic E-state index is 12.3. The van der Waals surface area contributed by atoms with E-state index < -0.39 is 5.91 Å². The summed E-state index contributed by atoms with van der Waals surface area (Å²) >= 11 is 0. The minimum Gasteiger partial charge on any atom is -0.458 e. The molecule has 0 saturated carbocycles. The Morgan fingerprint density at radius 3 is 2.65 bits per heavy atom. The molecule has 0 unspecified atom stereocenters. The molecule has 1 fully saturated rings. The van der Waals surface area contributed by atoms with E-state index in [1.54, 1.807) is 18.2 Å². The average molecular weight is 347 g/mol. The SMILES string of the molecule is Nc1cccc2c1CN([C-]1CCC(=O)NC1=O)C2=O.[Y]. The largest absolute Gasteiger partial charge is 0.458 e. The van der Waals surface area contributed by atoms with Crippen LogP contribution in [0, 0.1) is 6.04 Å². The first-order valence-electron chi connectivity index (χ1n) is 5.97. The standard InChI is InChI=1S/C13H12N3O3.Y/c14-9-3-1-2-7-8(9)6-16(13(7)19)10-4-5-11(17)15-12(10)18;/h1-3H,4-6,14H2,(H,15,17,18);/q-1;. The molecule has 0 bridgehead atoms. The second-order valence-corrected chi connectivity index (χ2v) is 4.59. The summed E-state index contributed by atoms with van der Waals surface area (Å²) in [5.41, 5.74) is 7.65. The van der Waals surface area contributed by atoms with Crippen LogP contribution in [0.2, 0.25) is 0 Å². The number of amides is 3. The van der Waals surface area contributed by atoms with Gasteiger partial charge in [-0.1, -0.05) is 6.07 Å². The zero-order valence-corrected chi connectivity index (χ0v) is 13.5. The van der Waals surface area contributed by atoms with Crippen LogP contribution in [0.5, 0.6) is 0 Å². The van der Waals surface area contributed by atoms with E-state index in [0.29, 0.717) is 17.3 Å². The number of nitrogens with two attached hydrogens (primary N) is 1. The molecule has 101 valence electrons. The summed E-state index contributed by atoms with van der Waals surface area (Å²) < 4.78 is 0. The molecule has 2 heterocycles. The molecule has 7 heteroatoms. The predicted octanol–water partition coefficient (Wildman–Crippen LogP) is 0.191. The normalized spacial score (nSPS) is 17.7. The van der Waals surface area contributed by atoms with Gasteiger partial charge in [0.1, 0.15) is 5.91 Å². The van der Waals surface area contributed by atoms with E-state index in [4.69, 9.17) is 5.73 Å². The van der Waals surface area contributed by atoms with Crippen LogP contribution in [0.25, 0.3) is 0 Å². The van der Waals surface area contributed by atoms with Crippen molar-refractivity contribution in [3.8, 4) is 0 Å². The number of hydrogen-bond donors (Lipinski definition) is 2. The molecule has 3 amide bonds. The Balaban J connectivity index is 0.00000147. The van der Waals surface area contributed by atoms with Crippen LogP contribution in [0.3, 0.4) is 0 Å². The number of piperidine rings is 1. The molecule has 6 nitrogen and oxygen atoms in total. The summed E-state index contributed by atoms with van der Waals surface area (Å²) in [6, 6.07) is 5.47. The zero-order valence-electron chi connectivity index (χ0n) is 10.7. The monoisotopic (exact) mass is 347 g/mol. The van der Waals surface area contributed by atoms with Crippen molar-refractivity contribution >= 4 is 23.4 Å². The van der Waals surface area contributed by atoms with Gasteiger partial charge in [-0.05, 0) is 12.1 Å². The molecule has 1 saturated heterocycles. The van der Waals surface area contributed by atoms with E-state index in [1.807, 2.05) is 0 Å².